The van der Waals surface area contributed by atoms with Crippen LogP contribution in [-0.2, 0) is 0 Å². The number of anilines is 1. The number of piperidine rings is 1. The molecule has 1 atom stereocenters. The van der Waals surface area contributed by atoms with Crippen LogP contribution in [0.2, 0.25) is 5.02 Å². The van der Waals surface area contributed by atoms with Gasteiger partial charge in [-0.3, -0.25) is 4.79 Å². The number of ketones is 1. The third kappa shape index (κ3) is 2.85. The quantitative estimate of drug-likeness (QED) is 0.838. The molecule has 98 valence electrons. The van der Waals surface area contributed by atoms with E-state index in [0.29, 0.717) is 17.1 Å². The van der Waals surface area contributed by atoms with Gasteiger partial charge in [-0.25, -0.2) is 0 Å². The first-order chi connectivity index (χ1) is 8.39. The molecule has 3 nitrogen and oxygen atoms in total. The number of carbonyl (C=O) groups excluding carboxylic acids is 1. The monoisotopic (exact) mass is 267 g/mol. The number of aliphatic hydroxyl groups is 1. The summed E-state index contributed by atoms with van der Waals surface area (Å²) in [7, 11) is 0. The van der Waals surface area contributed by atoms with E-state index < -0.39 is 5.60 Å². The SMILES string of the molecule is CC(=O)c1ccc(N2CCCC(C)(O)C2)cc1Cl. The number of rotatable bonds is 2. The highest BCUT2D eigenvalue weighted by Gasteiger charge is 2.28. The Morgan fingerprint density at radius 1 is 1.50 bits per heavy atom. The number of benzene rings is 1. The molecule has 1 unspecified atom stereocenters. The second kappa shape index (κ2) is 4.90. The first-order valence-electron chi connectivity index (χ1n) is 6.17. The summed E-state index contributed by atoms with van der Waals surface area (Å²) in [4.78, 5) is 13.4. The summed E-state index contributed by atoms with van der Waals surface area (Å²) >= 11 is 6.10. The maximum atomic E-state index is 11.3. The fourth-order valence-corrected chi connectivity index (χ4v) is 2.73. The standard InChI is InChI=1S/C14H18ClNO2/c1-10(17)12-5-4-11(8-13(12)15)16-7-3-6-14(2,18)9-16/h4-5,8,18H,3,6-7,9H2,1-2H3. The van der Waals surface area contributed by atoms with Crippen molar-refractivity contribution in [1.29, 1.82) is 0 Å². The highest BCUT2D eigenvalue weighted by molar-refractivity contribution is 6.34. The highest BCUT2D eigenvalue weighted by Crippen LogP contribution is 2.29. The van der Waals surface area contributed by atoms with E-state index in [-0.39, 0.29) is 5.78 Å². The second-order valence-corrected chi connectivity index (χ2v) is 5.65. The van der Waals surface area contributed by atoms with Crippen LogP contribution in [0, 0.1) is 0 Å². The van der Waals surface area contributed by atoms with Gasteiger partial charge in [-0.15, -0.1) is 0 Å². The van der Waals surface area contributed by atoms with Crippen molar-refractivity contribution in [3.8, 4) is 0 Å². The molecule has 0 spiro atoms. The largest absolute Gasteiger partial charge is 0.388 e. The van der Waals surface area contributed by atoms with Gasteiger partial charge in [0, 0.05) is 24.3 Å². The topological polar surface area (TPSA) is 40.5 Å². The molecule has 4 heteroatoms. The lowest BCUT2D eigenvalue weighted by atomic mass is 9.94. The molecule has 0 radical (unpaired) electrons. The smallest absolute Gasteiger partial charge is 0.161 e. The Bertz CT molecular complexity index is 471. The fourth-order valence-electron chi connectivity index (χ4n) is 2.43. The summed E-state index contributed by atoms with van der Waals surface area (Å²) in [5, 5.41) is 10.6. The fraction of sp³-hybridized carbons (Fsp3) is 0.500. The molecule has 1 aliphatic heterocycles. The van der Waals surface area contributed by atoms with Crippen molar-refractivity contribution in [2.75, 3.05) is 18.0 Å². The Balaban J connectivity index is 2.24. The summed E-state index contributed by atoms with van der Waals surface area (Å²) in [5.41, 5.74) is 0.860. The Hall–Kier alpha value is -1.06. The minimum atomic E-state index is -0.649. The Kier molecular flexibility index (Phi) is 3.64. The van der Waals surface area contributed by atoms with Gasteiger partial charge in [0.05, 0.1) is 10.6 Å². The Morgan fingerprint density at radius 3 is 2.78 bits per heavy atom. The predicted molar refractivity (Wildman–Crippen MR) is 73.5 cm³/mol. The third-order valence-electron chi connectivity index (χ3n) is 3.37. The van der Waals surface area contributed by atoms with Crippen molar-refractivity contribution in [2.24, 2.45) is 0 Å². The van der Waals surface area contributed by atoms with E-state index in [4.69, 9.17) is 11.6 Å². The number of hydrogen-bond acceptors (Lipinski definition) is 3. The van der Waals surface area contributed by atoms with Gasteiger partial charge in [0.1, 0.15) is 0 Å². The van der Waals surface area contributed by atoms with E-state index in [0.717, 1.165) is 25.1 Å². The van der Waals surface area contributed by atoms with Gasteiger partial charge in [0.2, 0.25) is 0 Å². The molecule has 1 aromatic carbocycles. The molecular weight excluding hydrogens is 250 g/mol. The summed E-state index contributed by atoms with van der Waals surface area (Å²) in [6.07, 6.45) is 1.78. The number of Topliss-reactive ketones (excluding diaryl/α,β-unsaturated/α-hetero) is 1. The average molecular weight is 268 g/mol. The van der Waals surface area contributed by atoms with Crippen LogP contribution in [0.15, 0.2) is 18.2 Å². The van der Waals surface area contributed by atoms with Crippen molar-refractivity contribution < 1.29 is 9.90 Å². The van der Waals surface area contributed by atoms with Gasteiger partial charge in [-0.05, 0) is 44.9 Å². The number of β-amino-alcohol motifs (C(OH)–C–C–N with tert-alkyl or cyclic N) is 1. The van der Waals surface area contributed by atoms with E-state index in [1.54, 1.807) is 12.1 Å². The minimum Gasteiger partial charge on any atom is -0.388 e. The van der Waals surface area contributed by atoms with Gasteiger partial charge in [-0.1, -0.05) is 11.6 Å². The first kappa shape index (κ1) is 13.4. The maximum absolute atomic E-state index is 11.3. The molecular formula is C14H18ClNO2. The zero-order valence-corrected chi connectivity index (χ0v) is 11.5. The van der Waals surface area contributed by atoms with Crippen LogP contribution in [0.25, 0.3) is 0 Å². The van der Waals surface area contributed by atoms with Crippen LogP contribution in [0.1, 0.15) is 37.0 Å². The van der Waals surface area contributed by atoms with Crippen molar-refractivity contribution in [3.63, 3.8) is 0 Å². The summed E-state index contributed by atoms with van der Waals surface area (Å²) in [6, 6.07) is 5.45. The highest BCUT2D eigenvalue weighted by atomic mass is 35.5. The van der Waals surface area contributed by atoms with Gasteiger partial charge in [-0.2, -0.15) is 0 Å². The van der Waals surface area contributed by atoms with Crippen LogP contribution in [0.5, 0.6) is 0 Å². The van der Waals surface area contributed by atoms with Crippen LogP contribution >= 0.6 is 11.6 Å². The zero-order chi connectivity index (χ0) is 13.3. The van der Waals surface area contributed by atoms with Crippen LogP contribution in [0.3, 0.4) is 0 Å². The van der Waals surface area contributed by atoms with E-state index in [2.05, 4.69) is 4.90 Å². The number of hydrogen-bond donors (Lipinski definition) is 1. The molecule has 1 saturated heterocycles. The molecule has 0 aliphatic carbocycles. The predicted octanol–water partition coefficient (Wildman–Crippen LogP) is 2.89. The Labute approximate surface area is 112 Å². The molecule has 0 bridgehead atoms. The first-order valence-corrected chi connectivity index (χ1v) is 6.55. The van der Waals surface area contributed by atoms with Gasteiger partial charge < -0.3 is 10.0 Å². The van der Waals surface area contributed by atoms with Gasteiger partial charge in [0.25, 0.3) is 0 Å². The van der Waals surface area contributed by atoms with E-state index >= 15 is 0 Å². The molecule has 1 aliphatic rings. The number of carbonyl (C=O) groups is 1. The molecule has 0 amide bonds. The molecule has 0 aromatic heterocycles. The molecule has 2 rings (SSSR count). The van der Waals surface area contributed by atoms with E-state index in [1.807, 2.05) is 13.0 Å². The lowest BCUT2D eigenvalue weighted by Gasteiger charge is -2.38. The molecule has 1 N–H and O–H groups in total. The van der Waals surface area contributed by atoms with Gasteiger partial charge >= 0.3 is 0 Å². The average Bonchev–Trinajstić information content (AvgIpc) is 2.27. The Morgan fingerprint density at radius 2 is 2.22 bits per heavy atom. The summed E-state index contributed by atoms with van der Waals surface area (Å²) < 4.78 is 0. The molecule has 0 saturated carbocycles. The van der Waals surface area contributed by atoms with Crippen molar-refractivity contribution in [3.05, 3.63) is 28.8 Å². The van der Waals surface area contributed by atoms with E-state index in [9.17, 15) is 9.90 Å². The molecule has 1 heterocycles. The third-order valence-corrected chi connectivity index (χ3v) is 3.68. The van der Waals surface area contributed by atoms with Crippen molar-refractivity contribution in [1.82, 2.24) is 0 Å². The second-order valence-electron chi connectivity index (χ2n) is 5.24. The minimum absolute atomic E-state index is 0.0304. The summed E-state index contributed by atoms with van der Waals surface area (Å²) in [5.74, 6) is -0.0304. The molecule has 18 heavy (non-hydrogen) atoms. The van der Waals surface area contributed by atoms with Crippen molar-refractivity contribution >= 4 is 23.1 Å². The maximum Gasteiger partial charge on any atom is 0.161 e. The van der Waals surface area contributed by atoms with Gasteiger partial charge in [0.15, 0.2) is 5.78 Å². The molecule has 1 fully saturated rings. The summed E-state index contributed by atoms with van der Waals surface area (Å²) in [6.45, 7) is 4.87. The molecule has 1 aromatic rings. The lowest BCUT2D eigenvalue weighted by molar-refractivity contribution is 0.0449. The van der Waals surface area contributed by atoms with Crippen LogP contribution in [0.4, 0.5) is 5.69 Å². The normalized spacial score (nSPS) is 24.1. The van der Waals surface area contributed by atoms with E-state index in [1.165, 1.54) is 6.92 Å². The lowest BCUT2D eigenvalue weighted by Crippen LogP contribution is -2.46. The van der Waals surface area contributed by atoms with Crippen LogP contribution in [-0.4, -0.2) is 29.6 Å². The number of nitrogens with zero attached hydrogens (tertiary/aromatic N) is 1. The van der Waals surface area contributed by atoms with Crippen molar-refractivity contribution in [2.45, 2.75) is 32.3 Å². The zero-order valence-electron chi connectivity index (χ0n) is 10.7. The number of halogens is 1. The van der Waals surface area contributed by atoms with Crippen LogP contribution < -0.4 is 4.90 Å².